The molecule has 8 nitrogen and oxygen atoms in total. The molecule has 2 N–H and O–H groups in total. The lowest BCUT2D eigenvalue weighted by atomic mass is 10.1. The first-order chi connectivity index (χ1) is 16.6. The molecule has 0 atom stereocenters. The average Bonchev–Trinajstić information content (AvgIpc) is 3.49. The zero-order chi connectivity index (χ0) is 23.8. The minimum absolute atomic E-state index is 0.0799. The summed E-state index contributed by atoms with van der Waals surface area (Å²) in [5.41, 5.74) is 2.79. The van der Waals surface area contributed by atoms with Gasteiger partial charge in [0.2, 0.25) is 11.8 Å². The predicted octanol–water partition coefficient (Wildman–Crippen LogP) is 4.01. The quantitative estimate of drug-likeness (QED) is 0.324. The molecule has 0 bridgehead atoms. The van der Waals surface area contributed by atoms with Crippen LogP contribution < -0.4 is 10.6 Å². The van der Waals surface area contributed by atoms with Crippen molar-refractivity contribution in [2.45, 2.75) is 31.6 Å². The molecule has 0 radical (unpaired) electrons. The summed E-state index contributed by atoms with van der Waals surface area (Å²) in [6, 6.07) is 19.4. The molecule has 0 saturated heterocycles. The van der Waals surface area contributed by atoms with Crippen molar-refractivity contribution in [1.29, 1.82) is 0 Å². The molecule has 4 rings (SSSR count). The maximum atomic E-state index is 12.4. The van der Waals surface area contributed by atoms with Gasteiger partial charge in [-0.15, -0.1) is 21.5 Å². The van der Waals surface area contributed by atoms with E-state index in [1.54, 1.807) is 0 Å². The molecule has 0 aliphatic heterocycles. The summed E-state index contributed by atoms with van der Waals surface area (Å²) >= 11 is 2.69. The van der Waals surface area contributed by atoms with E-state index >= 15 is 0 Å². The molecule has 34 heavy (non-hydrogen) atoms. The largest absolute Gasteiger partial charge is 0.349 e. The number of aromatic nitrogens is 4. The third kappa shape index (κ3) is 6.30. The van der Waals surface area contributed by atoms with Gasteiger partial charge in [-0.2, -0.15) is 0 Å². The molecule has 2 aromatic carbocycles. The molecule has 0 aliphatic carbocycles. The van der Waals surface area contributed by atoms with E-state index in [1.165, 1.54) is 23.1 Å². The minimum Gasteiger partial charge on any atom is -0.349 e. The van der Waals surface area contributed by atoms with Crippen LogP contribution in [0.1, 0.15) is 18.3 Å². The van der Waals surface area contributed by atoms with Crippen molar-refractivity contribution < 1.29 is 9.59 Å². The van der Waals surface area contributed by atoms with Crippen molar-refractivity contribution in [3.63, 3.8) is 0 Å². The summed E-state index contributed by atoms with van der Waals surface area (Å²) in [6.07, 6.45) is 0.311. The van der Waals surface area contributed by atoms with Gasteiger partial charge in [-0.05, 0) is 12.5 Å². The van der Waals surface area contributed by atoms with Crippen LogP contribution in [0.25, 0.3) is 11.3 Å². The van der Waals surface area contributed by atoms with Gasteiger partial charge in [0.05, 0.1) is 24.4 Å². The summed E-state index contributed by atoms with van der Waals surface area (Å²) in [5, 5.41) is 17.3. The van der Waals surface area contributed by atoms with Crippen LogP contribution in [-0.4, -0.2) is 37.3 Å². The number of carbonyl (C=O) groups is 2. The third-order valence-electron chi connectivity index (χ3n) is 4.91. The molecule has 0 saturated carbocycles. The van der Waals surface area contributed by atoms with Crippen molar-refractivity contribution in [2.24, 2.45) is 0 Å². The summed E-state index contributed by atoms with van der Waals surface area (Å²) < 4.78 is 1.90. The predicted molar refractivity (Wildman–Crippen MR) is 135 cm³/mol. The highest BCUT2D eigenvalue weighted by molar-refractivity contribution is 7.99. The van der Waals surface area contributed by atoms with Crippen LogP contribution in [0, 0.1) is 0 Å². The molecule has 2 heterocycles. The Labute approximate surface area is 205 Å². The minimum atomic E-state index is -0.165. The normalized spacial score (nSPS) is 10.7. The molecule has 4 aromatic rings. The fraction of sp³-hybridized carbons (Fsp3) is 0.208. The second-order valence-corrected chi connectivity index (χ2v) is 9.12. The van der Waals surface area contributed by atoms with Crippen LogP contribution in [0.2, 0.25) is 0 Å². The first-order valence-electron chi connectivity index (χ1n) is 10.8. The van der Waals surface area contributed by atoms with Crippen molar-refractivity contribution in [1.82, 2.24) is 25.1 Å². The smallest absolute Gasteiger partial charge is 0.236 e. The summed E-state index contributed by atoms with van der Waals surface area (Å²) in [4.78, 5) is 29.2. The highest BCUT2D eigenvalue weighted by Gasteiger charge is 2.15. The van der Waals surface area contributed by atoms with Gasteiger partial charge < -0.3 is 15.2 Å². The Morgan fingerprint density at radius 1 is 1.00 bits per heavy atom. The molecule has 174 valence electrons. The Morgan fingerprint density at radius 2 is 1.74 bits per heavy atom. The van der Waals surface area contributed by atoms with E-state index in [1.807, 2.05) is 77.5 Å². The van der Waals surface area contributed by atoms with Crippen molar-refractivity contribution >= 4 is 40.0 Å². The van der Waals surface area contributed by atoms with Crippen LogP contribution in [0.4, 0.5) is 5.13 Å². The SMILES string of the molecule is CCn1c(CNC(=O)Cc2ccccc2)nnc1SCC(=O)Nc1nc(-c2ccccc2)cs1. The zero-order valence-corrected chi connectivity index (χ0v) is 20.2. The number of anilines is 1. The van der Waals surface area contributed by atoms with Gasteiger partial charge in [0.25, 0.3) is 0 Å². The van der Waals surface area contributed by atoms with Crippen LogP contribution in [-0.2, 0) is 29.1 Å². The number of rotatable bonds is 10. The fourth-order valence-electron chi connectivity index (χ4n) is 3.25. The monoisotopic (exact) mass is 492 g/mol. The molecule has 2 aromatic heterocycles. The Kier molecular flexibility index (Phi) is 8.05. The lowest BCUT2D eigenvalue weighted by molar-refractivity contribution is -0.120. The van der Waals surface area contributed by atoms with E-state index in [2.05, 4.69) is 25.8 Å². The maximum Gasteiger partial charge on any atom is 0.236 e. The number of carbonyl (C=O) groups excluding carboxylic acids is 2. The van der Waals surface area contributed by atoms with Crippen molar-refractivity contribution in [3.05, 3.63) is 77.4 Å². The Bertz CT molecular complexity index is 1240. The molecule has 0 unspecified atom stereocenters. The van der Waals surface area contributed by atoms with E-state index < -0.39 is 0 Å². The second kappa shape index (κ2) is 11.6. The number of amides is 2. The first kappa shape index (κ1) is 23.7. The molecular formula is C24H24N6O2S2. The van der Waals surface area contributed by atoms with Crippen molar-refractivity contribution in [2.75, 3.05) is 11.1 Å². The van der Waals surface area contributed by atoms with Crippen LogP contribution >= 0.6 is 23.1 Å². The highest BCUT2D eigenvalue weighted by atomic mass is 32.2. The number of nitrogens with one attached hydrogen (secondary N) is 2. The first-order valence-corrected chi connectivity index (χ1v) is 12.6. The van der Waals surface area contributed by atoms with Gasteiger partial charge in [-0.1, -0.05) is 72.4 Å². The molecule has 0 aliphatic rings. The molecule has 0 fully saturated rings. The summed E-state index contributed by atoms with van der Waals surface area (Å²) in [6.45, 7) is 2.89. The summed E-state index contributed by atoms with van der Waals surface area (Å²) in [5.74, 6) is 0.587. The van der Waals surface area contributed by atoms with E-state index in [0.717, 1.165) is 16.8 Å². The number of hydrogen-bond acceptors (Lipinski definition) is 7. The third-order valence-corrected chi connectivity index (χ3v) is 6.64. The van der Waals surface area contributed by atoms with E-state index in [9.17, 15) is 9.59 Å². The Hall–Kier alpha value is -3.50. The zero-order valence-electron chi connectivity index (χ0n) is 18.6. The topological polar surface area (TPSA) is 102 Å². The van der Waals surface area contributed by atoms with Crippen LogP contribution in [0.5, 0.6) is 0 Å². The van der Waals surface area contributed by atoms with Crippen LogP contribution in [0.3, 0.4) is 0 Å². The number of thioether (sulfide) groups is 1. The Balaban J connectivity index is 1.28. The number of nitrogens with zero attached hydrogens (tertiary/aromatic N) is 4. The van der Waals surface area contributed by atoms with Gasteiger partial charge in [0.1, 0.15) is 0 Å². The highest BCUT2D eigenvalue weighted by Crippen LogP contribution is 2.25. The maximum absolute atomic E-state index is 12.4. The fourth-order valence-corrected chi connectivity index (χ4v) is 4.81. The van der Waals surface area contributed by atoms with Gasteiger partial charge >= 0.3 is 0 Å². The van der Waals surface area contributed by atoms with Gasteiger partial charge in [-0.3, -0.25) is 9.59 Å². The summed E-state index contributed by atoms with van der Waals surface area (Å²) in [7, 11) is 0. The number of hydrogen-bond donors (Lipinski definition) is 2. The lowest BCUT2D eigenvalue weighted by Gasteiger charge is -2.08. The van der Waals surface area contributed by atoms with Gasteiger partial charge in [-0.25, -0.2) is 4.98 Å². The molecule has 10 heteroatoms. The van der Waals surface area contributed by atoms with Crippen LogP contribution in [0.15, 0.2) is 71.2 Å². The number of thiazole rings is 1. The number of benzene rings is 2. The van der Waals surface area contributed by atoms with E-state index in [-0.39, 0.29) is 24.1 Å². The standard InChI is InChI=1S/C24H24N6O2S2/c1-2-30-20(14-25-21(31)13-17-9-5-3-6-10-17)28-29-24(30)34-16-22(32)27-23-26-19(15-33-23)18-11-7-4-8-12-18/h3-12,15H,2,13-14,16H2,1H3,(H,25,31)(H,26,27,32). The Morgan fingerprint density at radius 3 is 2.47 bits per heavy atom. The molecule has 0 spiro atoms. The molecular weight excluding hydrogens is 468 g/mol. The lowest BCUT2D eigenvalue weighted by Crippen LogP contribution is -2.26. The average molecular weight is 493 g/mol. The van der Waals surface area contributed by atoms with E-state index in [4.69, 9.17) is 0 Å². The molecule has 2 amide bonds. The van der Waals surface area contributed by atoms with E-state index in [0.29, 0.717) is 29.1 Å². The second-order valence-electron chi connectivity index (χ2n) is 7.32. The van der Waals surface area contributed by atoms with Gasteiger partial charge in [0.15, 0.2) is 16.1 Å². The van der Waals surface area contributed by atoms with Gasteiger partial charge in [0, 0.05) is 17.5 Å². The van der Waals surface area contributed by atoms with Crippen molar-refractivity contribution in [3.8, 4) is 11.3 Å².